The summed E-state index contributed by atoms with van der Waals surface area (Å²) in [5, 5.41) is 7.58. The highest BCUT2D eigenvalue weighted by Crippen LogP contribution is 2.24. The van der Waals surface area contributed by atoms with E-state index in [9.17, 15) is 0 Å². The van der Waals surface area contributed by atoms with Crippen molar-refractivity contribution < 1.29 is 4.52 Å². The van der Waals surface area contributed by atoms with Gasteiger partial charge in [0, 0.05) is 19.6 Å². The minimum atomic E-state index is 0.214. The number of fused-ring (bicyclic) bond motifs is 1. The van der Waals surface area contributed by atoms with Gasteiger partial charge < -0.3 is 9.84 Å². The molecule has 5 heteroatoms. The van der Waals surface area contributed by atoms with Crippen molar-refractivity contribution >= 4 is 0 Å². The monoisotopic (exact) mass is 298 g/mol. The maximum absolute atomic E-state index is 5.47. The van der Waals surface area contributed by atoms with Crippen molar-refractivity contribution in [2.24, 2.45) is 0 Å². The molecule has 0 spiro atoms. The fraction of sp³-hybridized carbons (Fsp3) is 0.529. The number of aromatic nitrogens is 2. The number of aryl methyl sites for hydroxylation is 2. The maximum atomic E-state index is 5.47. The molecule has 2 aromatic rings. The molecule has 1 N–H and O–H groups in total. The van der Waals surface area contributed by atoms with Gasteiger partial charge in [-0.2, -0.15) is 4.98 Å². The van der Waals surface area contributed by atoms with E-state index in [0.717, 1.165) is 31.9 Å². The van der Waals surface area contributed by atoms with Gasteiger partial charge in [-0.1, -0.05) is 23.4 Å². The second-order valence-corrected chi connectivity index (χ2v) is 6.38. The van der Waals surface area contributed by atoms with Gasteiger partial charge in [-0.25, -0.2) is 0 Å². The van der Waals surface area contributed by atoms with Gasteiger partial charge in [0.15, 0.2) is 5.82 Å². The summed E-state index contributed by atoms with van der Waals surface area (Å²) in [7, 11) is 2.11. The molecule has 1 atom stereocenters. The minimum Gasteiger partial charge on any atom is -0.339 e. The first kappa shape index (κ1) is 13.9. The quantitative estimate of drug-likeness (QED) is 0.935. The highest BCUT2D eigenvalue weighted by molar-refractivity contribution is 5.36. The molecule has 5 nitrogen and oxygen atoms in total. The van der Waals surface area contributed by atoms with Crippen LogP contribution in [0.2, 0.25) is 0 Å². The van der Waals surface area contributed by atoms with Crippen molar-refractivity contribution in [2.75, 3.05) is 26.7 Å². The summed E-state index contributed by atoms with van der Waals surface area (Å²) in [4.78, 5) is 6.89. The van der Waals surface area contributed by atoms with Crippen LogP contribution in [-0.2, 0) is 19.3 Å². The Morgan fingerprint density at radius 2 is 2.23 bits per heavy atom. The third-order valence-electron chi connectivity index (χ3n) is 4.81. The molecule has 1 saturated heterocycles. The summed E-state index contributed by atoms with van der Waals surface area (Å²) in [6, 6.07) is 6.97. The topological polar surface area (TPSA) is 54.2 Å². The van der Waals surface area contributed by atoms with Gasteiger partial charge >= 0.3 is 0 Å². The second kappa shape index (κ2) is 5.82. The summed E-state index contributed by atoms with van der Waals surface area (Å²) in [6.45, 7) is 2.92. The number of nitrogens with one attached hydrogen (secondary N) is 1. The van der Waals surface area contributed by atoms with Gasteiger partial charge in [-0.05, 0) is 43.0 Å². The number of piperazine rings is 1. The molecule has 1 aliphatic heterocycles. The van der Waals surface area contributed by atoms with Crippen LogP contribution in [0.4, 0.5) is 0 Å². The molecule has 2 heterocycles. The summed E-state index contributed by atoms with van der Waals surface area (Å²) >= 11 is 0. The molecule has 2 aliphatic rings. The molecule has 1 aromatic heterocycles. The third-order valence-corrected chi connectivity index (χ3v) is 4.81. The van der Waals surface area contributed by atoms with E-state index in [0.29, 0.717) is 5.89 Å². The van der Waals surface area contributed by atoms with Crippen LogP contribution in [0.5, 0.6) is 0 Å². The highest BCUT2D eigenvalue weighted by atomic mass is 16.5. The average Bonchev–Trinajstić information content (AvgIpc) is 3.16. The van der Waals surface area contributed by atoms with Crippen molar-refractivity contribution in [3.63, 3.8) is 0 Å². The summed E-state index contributed by atoms with van der Waals surface area (Å²) < 4.78 is 5.47. The Labute approximate surface area is 130 Å². The van der Waals surface area contributed by atoms with Gasteiger partial charge in [0.25, 0.3) is 0 Å². The first-order valence-corrected chi connectivity index (χ1v) is 8.14. The van der Waals surface area contributed by atoms with Crippen molar-refractivity contribution in [2.45, 2.75) is 31.7 Å². The van der Waals surface area contributed by atoms with E-state index < -0.39 is 0 Å². The standard InChI is InChI=1S/C17H22N4O/c1-21-8-7-18-11-15(21)17-19-16(22-20-17)10-12-5-6-13-3-2-4-14(13)9-12/h5-6,9,15,18H,2-4,7-8,10-11H2,1H3. The summed E-state index contributed by atoms with van der Waals surface area (Å²) in [5.74, 6) is 1.51. The van der Waals surface area contributed by atoms with Crippen LogP contribution in [-0.4, -0.2) is 41.7 Å². The Bertz CT molecular complexity index is 666. The van der Waals surface area contributed by atoms with Crippen LogP contribution in [0.25, 0.3) is 0 Å². The molecule has 22 heavy (non-hydrogen) atoms. The first-order chi connectivity index (χ1) is 10.8. The number of likely N-dealkylation sites (N-methyl/N-ethyl adjacent to an activating group) is 1. The predicted octanol–water partition coefficient (Wildman–Crippen LogP) is 1.73. The zero-order chi connectivity index (χ0) is 14.9. The van der Waals surface area contributed by atoms with Gasteiger partial charge in [-0.3, -0.25) is 4.90 Å². The highest BCUT2D eigenvalue weighted by Gasteiger charge is 2.25. The SMILES string of the molecule is CN1CCNCC1c1noc(Cc2ccc3c(c2)CCC3)n1. The largest absolute Gasteiger partial charge is 0.339 e. The van der Waals surface area contributed by atoms with E-state index in [1.54, 1.807) is 0 Å². The fourth-order valence-electron chi connectivity index (χ4n) is 3.48. The van der Waals surface area contributed by atoms with Crippen LogP contribution >= 0.6 is 0 Å². The molecule has 1 unspecified atom stereocenters. The number of nitrogens with zero attached hydrogens (tertiary/aromatic N) is 3. The van der Waals surface area contributed by atoms with E-state index >= 15 is 0 Å². The van der Waals surface area contributed by atoms with Gasteiger partial charge in [0.05, 0.1) is 12.5 Å². The lowest BCUT2D eigenvalue weighted by Crippen LogP contribution is -2.44. The fourth-order valence-corrected chi connectivity index (χ4v) is 3.48. The molecule has 4 rings (SSSR count). The van der Waals surface area contributed by atoms with Crippen molar-refractivity contribution in [3.05, 3.63) is 46.6 Å². The minimum absolute atomic E-state index is 0.214. The van der Waals surface area contributed by atoms with Crippen molar-refractivity contribution in [1.29, 1.82) is 0 Å². The molecule has 0 radical (unpaired) electrons. The number of benzene rings is 1. The van der Waals surface area contributed by atoms with E-state index in [2.05, 4.69) is 45.6 Å². The maximum Gasteiger partial charge on any atom is 0.231 e. The Hall–Kier alpha value is -1.72. The number of hydrogen-bond acceptors (Lipinski definition) is 5. The molecule has 1 aromatic carbocycles. The Kier molecular flexibility index (Phi) is 3.68. The van der Waals surface area contributed by atoms with Crippen LogP contribution in [0, 0.1) is 0 Å². The molecule has 1 fully saturated rings. The van der Waals surface area contributed by atoms with E-state index in [-0.39, 0.29) is 6.04 Å². The van der Waals surface area contributed by atoms with Crippen LogP contribution in [0.3, 0.4) is 0 Å². The summed E-state index contributed by atoms with van der Waals surface area (Å²) in [6.07, 6.45) is 4.44. The van der Waals surface area contributed by atoms with E-state index in [4.69, 9.17) is 4.52 Å². The predicted molar refractivity (Wildman–Crippen MR) is 83.8 cm³/mol. The zero-order valence-corrected chi connectivity index (χ0v) is 13.0. The number of rotatable bonds is 3. The van der Waals surface area contributed by atoms with E-state index in [1.165, 1.54) is 36.0 Å². The third kappa shape index (κ3) is 2.66. The van der Waals surface area contributed by atoms with Crippen LogP contribution in [0.1, 0.15) is 40.9 Å². The normalized spacial score (nSPS) is 22.0. The van der Waals surface area contributed by atoms with Crippen molar-refractivity contribution in [3.8, 4) is 0 Å². The Balaban J connectivity index is 1.50. The lowest BCUT2D eigenvalue weighted by Gasteiger charge is -2.30. The van der Waals surface area contributed by atoms with Crippen LogP contribution < -0.4 is 5.32 Å². The Morgan fingerprint density at radius 1 is 1.32 bits per heavy atom. The summed E-state index contributed by atoms with van der Waals surface area (Å²) in [5.41, 5.74) is 4.27. The molecular weight excluding hydrogens is 276 g/mol. The molecule has 0 amide bonds. The Morgan fingerprint density at radius 3 is 3.14 bits per heavy atom. The van der Waals surface area contributed by atoms with Crippen molar-refractivity contribution in [1.82, 2.24) is 20.4 Å². The van der Waals surface area contributed by atoms with E-state index in [1.807, 2.05) is 0 Å². The zero-order valence-electron chi connectivity index (χ0n) is 13.0. The van der Waals surface area contributed by atoms with Crippen LogP contribution in [0.15, 0.2) is 22.7 Å². The molecular formula is C17H22N4O. The smallest absolute Gasteiger partial charge is 0.231 e. The molecule has 116 valence electrons. The molecule has 1 aliphatic carbocycles. The van der Waals surface area contributed by atoms with Gasteiger partial charge in [0.2, 0.25) is 5.89 Å². The molecule has 0 saturated carbocycles. The van der Waals surface area contributed by atoms with Gasteiger partial charge in [0.1, 0.15) is 0 Å². The lowest BCUT2D eigenvalue weighted by molar-refractivity contribution is 0.190. The number of hydrogen-bond donors (Lipinski definition) is 1. The second-order valence-electron chi connectivity index (χ2n) is 6.38. The lowest BCUT2D eigenvalue weighted by atomic mass is 10.0. The van der Waals surface area contributed by atoms with Gasteiger partial charge in [-0.15, -0.1) is 0 Å². The first-order valence-electron chi connectivity index (χ1n) is 8.14. The average molecular weight is 298 g/mol. The molecule has 0 bridgehead atoms.